The summed E-state index contributed by atoms with van der Waals surface area (Å²) in [7, 11) is 0. The Kier molecular flexibility index (Phi) is 4.32. The highest BCUT2D eigenvalue weighted by Gasteiger charge is 2.27. The van der Waals surface area contributed by atoms with Gasteiger partial charge < -0.3 is 4.57 Å². The third kappa shape index (κ3) is 2.86. The first kappa shape index (κ1) is 23.4. The first-order chi connectivity index (χ1) is 22.4. The van der Waals surface area contributed by atoms with Crippen LogP contribution < -0.4 is 0 Å². The summed E-state index contributed by atoms with van der Waals surface area (Å²) in [5.74, 6) is 1.15. The van der Waals surface area contributed by atoms with Gasteiger partial charge in [-0.2, -0.15) is 0 Å². The van der Waals surface area contributed by atoms with Crippen LogP contribution in [0.2, 0.25) is 0 Å². The van der Waals surface area contributed by atoms with E-state index < -0.39 is 0 Å². The van der Waals surface area contributed by atoms with E-state index in [0.717, 1.165) is 11.5 Å². The molecule has 0 radical (unpaired) electrons. The summed E-state index contributed by atoms with van der Waals surface area (Å²) in [6, 6.07) is 55.6. The third-order valence-corrected chi connectivity index (χ3v) is 9.93. The molecular weight excluding hydrogens is 546 g/mol. The number of nitrogens with zero attached hydrogens (tertiary/aromatic N) is 3. The molecular formula is C42H25N3. The summed E-state index contributed by atoms with van der Waals surface area (Å²) < 4.78 is 7.36. The molecule has 3 heterocycles. The van der Waals surface area contributed by atoms with Gasteiger partial charge in [-0.25, -0.2) is 0 Å². The van der Waals surface area contributed by atoms with Crippen molar-refractivity contribution in [3.05, 3.63) is 152 Å². The lowest BCUT2D eigenvalue weighted by molar-refractivity contribution is 1.00. The van der Waals surface area contributed by atoms with Crippen LogP contribution in [0, 0.1) is 0 Å². The smallest absolute Gasteiger partial charge is 0.123 e. The second-order valence-electron chi connectivity index (χ2n) is 12.2. The Morgan fingerprint density at radius 1 is 0.289 bits per heavy atom. The molecule has 7 aromatic carbocycles. The van der Waals surface area contributed by atoms with E-state index in [1.54, 1.807) is 0 Å². The van der Waals surface area contributed by atoms with Crippen LogP contribution in [0.3, 0.4) is 0 Å². The molecule has 0 saturated carbocycles. The molecule has 0 saturated heterocycles. The number of para-hydroxylation sites is 3. The van der Waals surface area contributed by atoms with E-state index in [-0.39, 0.29) is 0 Å². The maximum Gasteiger partial charge on any atom is 0.123 e. The zero-order valence-corrected chi connectivity index (χ0v) is 24.3. The molecule has 208 valence electrons. The van der Waals surface area contributed by atoms with Crippen molar-refractivity contribution in [3.8, 4) is 28.3 Å². The van der Waals surface area contributed by atoms with Gasteiger partial charge in [-0.1, -0.05) is 91.0 Å². The van der Waals surface area contributed by atoms with E-state index in [0.29, 0.717) is 0 Å². The monoisotopic (exact) mass is 571 g/mol. The van der Waals surface area contributed by atoms with Gasteiger partial charge in [0, 0.05) is 43.7 Å². The Hall–Kier alpha value is -6.06. The van der Waals surface area contributed by atoms with Crippen molar-refractivity contribution in [3.63, 3.8) is 0 Å². The summed E-state index contributed by atoms with van der Waals surface area (Å²) >= 11 is 0. The molecule has 0 atom stereocenters. The number of hydrogen-bond acceptors (Lipinski definition) is 0. The minimum atomic E-state index is 1.15. The number of rotatable bonds is 3. The molecule has 1 aliphatic rings. The van der Waals surface area contributed by atoms with Crippen molar-refractivity contribution < 1.29 is 0 Å². The molecule has 0 spiro atoms. The highest BCUT2D eigenvalue weighted by molar-refractivity contribution is 6.38. The van der Waals surface area contributed by atoms with Crippen LogP contribution in [0.25, 0.3) is 93.6 Å². The van der Waals surface area contributed by atoms with Crippen molar-refractivity contribution in [1.29, 1.82) is 0 Å². The minimum Gasteiger partial charge on any atom is -0.309 e. The van der Waals surface area contributed by atoms with E-state index in [2.05, 4.69) is 165 Å². The number of hydrogen-bond donors (Lipinski definition) is 0. The molecule has 10 aromatic rings. The number of aromatic nitrogens is 3. The average molecular weight is 572 g/mol. The molecule has 0 unspecified atom stereocenters. The molecule has 45 heavy (non-hydrogen) atoms. The molecule has 0 aliphatic heterocycles. The van der Waals surface area contributed by atoms with E-state index in [1.807, 2.05) is 0 Å². The fourth-order valence-electron chi connectivity index (χ4n) is 8.22. The first-order valence-electron chi connectivity index (χ1n) is 15.5. The van der Waals surface area contributed by atoms with Gasteiger partial charge in [0.1, 0.15) is 5.82 Å². The lowest BCUT2D eigenvalue weighted by Gasteiger charge is -2.15. The fourth-order valence-corrected chi connectivity index (χ4v) is 8.22. The molecule has 3 nitrogen and oxygen atoms in total. The molecule has 11 rings (SSSR count). The van der Waals surface area contributed by atoms with Gasteiger partial charge in [-0.3, -0.25) is 9.13 Å². The van der Waals surface area contributed by atoms with Gasteiger partial charge in [-0.05, 0) is 77.2 Å². The predicted molar refractivity (Wildman–Crippen MR) is 188 cm³/mol. The largest absolute Gasteiger partial charge is 0.309 e. The van der Waals surface area contributed by atoms with Crippen molar-refractivity contribution >= 4 is 65.3 Å². The second kappa shape index (κ2) is 8.31. The van der Waals surface area contributed by atoms with Crippen molar-refractivity contribution in [2.24, 2.45) is 0 Å². The summed E-state index contributed by atoms with van der Waals surface area (Å²) in [6.45, 7) is 0. The van der Waals surface area contributed by atoms with Crippen molar-refractivity contribution in [2.45, 2.75) is 0 Å². The Labute approximate surface area is 258 Å². The number of benzene rings is 7. The Morgan fingerprint density at radius 3 is 1.47 bits per heavy atom. The van der Waals surface area contributed by atoms with Gasteiger partial charge in [0.15, 0.2) is 0 Å². The molecule has 3 heteroatoms. The SMILES string of the molecule is c1ccc(-n2c(-n3c4cccc5c4c4c6c(ccc7c6c6c-5cccc6n7-c5ccccc5)ccc43)cc3ccccc32)cc1. The minimum absolute atomic E-state index is 1.15. The predicted octanol–water partition coefficient (Wildman–Crippen LogP) is 11.0. The van der Waals surface area contributed by atoms with Gasteiger partial charge in [0.25, 0.3) is 0 Å². The summed E-state index contributed by atoms with van der Waals surface area (Å²) in [6.07, 6.45) is 0. The average Bonchev–Trinajstić information content (AvgIpc) is 3.73. The summed E-state index contributed by atoms with van der Waals surface area (Å²) in [5, 5.41) is 9.17. The molecule has 0 fully saturated rings. The Balaban J connectivity index is 1.39. The van der Waals surface area contributed by atoms with Crippen molar-refractivity contribution in [2.75, 3.05) is 0 Å². The van der Waals surface area contributed by atoms with Crippen LogP contribution >= 0.6 is 0 Å². The standard InChI is InChI=1S/C42H25N3/c1-3-12-28(13-4-1)43-33-19-9-16-30-31-17-10-20-34-40(31)42-36(24-22-26-21-23-35(43)41(38(26)42)39(30)33)45(34)37-25-27-11-7-8-18-32(27)44(37)29-14-5-2-6-15-29/h1-25H. The Morgan fingerprint density at radius 2 is 0.800 bits per heavy atom. The zero-order valence-electron chi connectivity index (χ0n) is 24.3. The summed E-state index contributed by atoms with van der Waals surface area (Å²) in [4.78, 5) is 0. The van der Waals surface area contributed by atoms with Gasteiger partial charge >= 0.3 is 0 Å². The van der Waals surface area contributed by atoms with Crippen LogP contribution in [0.1, 0.15) is 0 Å². The molecule has 0 bridgehead atoms. The topological polar surface area (TPSA) is 14.8 Å². The van der Waals surface area contributed by atoms with Gasteiger partial charge in [-0.15, -0.1) is 0 Å². The molecule has 1 aliphatic carbocycles. The zero-order chi connectivity index (χ0) is 29.2. The van der Waals surface area contributed by atoms with Crippen LogP contribution in [0.15, 0.2) is 152 Å². The number of fused-ring (bicyclic) bond motifs is 2. The van der Waals surface area contributed by atoms with E-state index >= 15 is 0 Å². The Bertz CT molecular complexity index is 2850. The van der Waals surface area contributed by atoms with Crippen molar-refractivity contribution in [1.82, 2.24) is 13.7 Å². The van der Waals surface area contributed by atoms with E-state index in [4.69, 9.17) is 0 Å². The van der Waals surface area contributed by atoms with Gasteiger partial charge in [0.05, 0.1) is 27.6 Å². The quantitative estimate of drug-likeness (QED) is 0.200. The molecule has 3 aromatic heterocycles. The third-order valence-electron chi connectivity index (χ3n) is 9.93. The molecule has 0 N–H and O–H groups in total. The lowest BCUT2D eigenvalue weighted by atomic mass is 9.98. The highest BCUT2D eigenvalue weighted by atomic mass is 15.2. The van der Waals surface area contributed by atoms with Gasteiger partial charge in [0.2, 0.25) is 0 Å². The first-order valence-corrected chi connectivity index (χ1v) is 15.5. The summed E-state index contributed by atoms with van der Waals surface area (Å²) in [5.41, 5.74) is 11.1. The fraction of sp³-hybridized carbons (Fsp3) is 0. The van der Waals surface area contributed by atoms with Crippen LogP contribution in [0.5, 0.6) is 0 Å². The highest BCUT2D eigenvalue weighted by Crippen LogP contribution is 2.51. The van der Waals surface area contributed by atoms with Crippen LogP contribution in [0.4, 0.5) is 0 Å². The van der Waals surface area contributed by atoms with Crippen LogP contribution in [-0.2, 0) is 0 Å². The maximum absolute atomic E-state index is 2.50. The second-order valence-corrected chi connectivity index (χ2v) is 12.2. The van der Waals surface area contributed by atoms with E-state index in [9.17, 15) is 0 Å². The lowest BCUT2D eigenvalue weighted by Crippen LogP contribution is -2.04. The van der Waals surface area contributed by atoms with E-state index in [1.165, 1.54) is 82.1 Å². The maximum atomic E-state index is 2.50. The normalized spacial score (nSPS) is 12.4. The van der Waals surface area contributed by atoms with Crippen LogP contribution in [-0.4, -0.2) is 13.7 Å². The molecule has 0 amide bonds.